The highest BCUT2D eigenvalue weighted by Gasteiger charge is 2.54. The van der Waals surface area contributed by atoms with E-state index in [2.05, 4.69) is 17.7 Å². The van der Waals surface area contributed by atoms with E-state index in [1.807, 2.05) is 19.9 Å². The second kappa shape index (κ2) is 20.2. The van der Waals surface area contributed by atoms with Crippen molar-refractivity contribution in [2.75, 3.05) is 14.2 Å². The SMILES string of the molecule is CCCC[C@@]1(OC(=O)CCC(=O)OC)CC[C@]2(CC[C@H](C)[C@@H](C/C=C(C)/C=C/[C@H](O)[C@@H](C)/C=C/C(=O)OC)O2)O[C@H]1/C=C/C(C)=C/C(=O)O. The van der Waals surface area contributed by atoms with Crippen LogP contribution < -0.4 is 0 Å². The van der Waals surface area contributed by atoms with E-state index in [4.69, 9.17) is 18.9 Å². The van der Waals surface area contributed by atoms with E-state index in [0.717, 1.165) is 30.9 Å². The van der Waals surface area contributed by atoms with Crippen molar-refractivity contribution in [3.8, 4) is 0 Å². The van der Waals surface area contributed by atoms with E-state index in [1.54, 1.807) is 38.2 Å². The number of unbranched alkanes of at least 4 members (excludes halogenated alkanes) is 1. The van der Waals surface area contributed by atoms with Crippen LogP contribution in [0.4, 0.5) is 0 Å². The fourth-order valence-electron chi connectivity index (χ4n) is 5.97. The lowest BCUT2D eigenvalue weighted by atomic mass is 9.78. The number of carbonyl (C=O) groups excluding carboxylic acids is 3. The molecule has 2 fully saturated rings. The molecule has 0 saturated carbocycles. The van der Waals surface area contributed by atoms with Gasteiger partial charge >= 0.3 is 23.9 Å². The molecule has 2 aliphatic rings. The zero-order valence-corrected chi connectivity index (χ0v) is 30.1. The van der Waals surface area contributed by atoms with E-state index in [-0.39, 0.29) is 30.8 Å². The summed E-state index contributed by atoms with van der Waals surface area (Å²) in [6, 6.07) is 0. The minimum absolute atomic E-state index is 0.0970. The van der Waals surface area contributed by atoms with Crippen LogP contribution in [0.15, 0.2) is 59.8 Å². The minimum atomic E-state index is -1.07. The van der Waals surface area contributed by atoms with Crippen molar-refractivity contribution < 1.29 is 53.1 Å². The van der Waals surface area contributed by atoms with Crippen molar-refractivity contribution in [1.29, 1.82) is 0 Å². The van der Waals surface area contributed by atoms with Crippen molar-refractivity contribution >= 4 is 23.9 Å². The van der Waals surface area contributed by atoms with Crippen molar-refractivity contribution in [2.24, 2.45) is 11.8 Å². The number of carbonyl (C=O) groups is 4. The largest absolute Gasteiger partial charge is 0.478 e. The lowest BCUT2D eigenvalue weighted by Crippen LogP contribution is -2.59. The number of aliphatic hydroxyl groups excluding tert-OH is 1. The fourth-order valence-corrected chi connectivity index (χ4v) is 5.97. The zero-order chi connectivity index (χ0) is 36.6. The van der Waals surface area contributed by atoms with E-state index in [1.165, 1.54) is 20.3 Å². The summed E-state index contributed by atoms with van der Waals surface area (Å²) in [6.45, 7) is 9.62. The van der Waals surface area contributed by atoms with Crippen LogP contribution in [0, 0.1) is 11.8 Å². The summed E-state index contributed by atoms with van der Waals surface area (Å²) in [5, 5.41) is 19.7. The first-order chi connectivity index (χ1) is 23.2. The Hall–Kier alpha value is -3.54. The summed E-state index contributed by atoms with van der Waals surface area (Å²) in [4.78, 5) is 47.5. The standard InChI is InChI=1S/C38H56O11/c1-8-9-21-37(49-36(44)19-18-35(43)46-7)23-24-38(48-32(37)16-12-27(3)25-33(40)41)22-20-29(5)31(47-38)15-11-26(2)10-14-30(39)28(4)13-17-34(42)45-6/h10-14,16-17,25,28-32,39H,8-9,15,18-24H2,1-7H3,(H,40,41)/b14-10+,16-12+,17-13+,26-11+,27-25+/t28-,29-,30-,31+,32-,37+,38-/m0/s1. The Balaban J connectivity index is 2.30. The van der Waals surface area contributed by atoms with E-state index >= 15 is 0 Å². The molecule has 0 radical (unpaired) electrons. The Labute approximate surface area is 291 Å². The molecule has 49 heavy (non-hydrogen) atoms. The van der Waals surface area contributed by atoms with Crippen LogP contribution in [0.1, 0.15) is 98.8 Å². The highest BCUT2D eigenvalue weighted by Crippen LogP contribution is 2.48. The summed E-state index contributed by atoms with van der Waals surface area (Å²) >= 11 is 0. The van der Waals surface area contributed by atoms with Gasteiger partial charge in [0.15, 0.2) is 5.79 Å². The topological polar surface area (TPSA) is 155 Å². The lowest BCUT2D eigenvalue weighted by Gasteiger charge is -2.53. The summed E-state index contributed by atoms with van der Waals surface area (Å²) in [6.07, 6.45) is 16.4. The quantitative estimate of drug-likeness (QED) is 0.0765. The molecule has 274 valence electrons. The molecule has 2 saturated heterocycles. The summed E-state index contributed by atoms with van der Waals surface area (Å²) in [5.74, 6) is -3.54. The minimum Gasteiger partial charge on any atom is -0.478 e. The number of esters is 3. The van der Waals surface area contributed by atoms with Crippen LogP contribution in [0.5, 0.6) is 0 Å². The average Bonchev–Trinajstić information content (AvgIpc) is 3.07. The number of hydrogen-bond acceptors (Lipinski definition) is 10. The molecule has 0 aromatic carbocycles. The molecule has 0 aromatic heterocycles. The second-order valence-electron chi connectivity index (χ2n) is 13.2. The number of carboxylic acids is 1. The maximum atomic E-state index is 13.1. The Morgan fingerprint density at radius 2 is 1.65 bits per heavy atom. The van der Waals surface area contributed by atoms with Crippen molar-refractivity contribution in [3.05, 3.63) is 59.8 Å². The molecule has 11 heteroatoms. The van der Waals surface area contributed by atoms with Crippen LogP contribution in [-0.4, -0.2) is 78.0 Å². The Bertz CT molecular complexity index is 1280. The van der Waals surface area contributed by atoms with Gasteiger partial charge in [0, 0.05) is 30.9 Å². The Morgan fingerprint density at radius 3 is 2.31 bits per heavy atom. The molecule has 0 bridgehead atoms. The molecule has 0 amide bonds. The van der Waals surface area contributed by atoms with Gasteiger partial charge in [0.05, 0.1) is 39.3 Å². The second-order valence-corrected chi connectivity index (χ2v) is 13.2. The molecule has 11 nitrogen and oxygen atoms in total. The third-order valence-electron chi connectivity index (χ3n) is 9.19. The monoisotopic (exact) mass is 688 g/mol. The molecule has 2 N–H and O–H groups in total. The molecule has 7 atom stereocenters. The van der Waals surface area contributed by atoms with Gasteiger partial charge in [-0.3, -0.25) is 9.59 Å². The third kappa shape index (κ3) is 13.7. The number of aliphatic hydroxyl groups is 1. The van der Waals surface area contributed by atoms with Crippen LogP contribution in [0.3, 0.4) is 0 Å². The number of allylic oxidation sites excluding steroid dienone is 4. The number of ether oxygens (including phenoxy) is 5. The normalized spacial score (nSPS) is 27.8. The lowest BCUT2D eigenvalue weighted by molar-refractivity contribution is -0.344. The maximum Gasteiger partial charge on any atom is 0.330 e. The Kier molecular flexibility index (Phi) is 17.2. The molecule has 0 aliphatic carbocycles. The highest BCUT2D eigenvalue weighted by molar-refractivity contribution is 5.82. The van der Waals surface area contributed by atoms with Crippen LogP contribution in [0.2, 0.25) is 0 Å². The van der Waals surface area contributed by atoms with Crippen molar-refractivity contribution in [3.63, 3.8) is 0 Å². The Morgan fingerprint density at radius 1 is 0.939 bits per heavy atom. The number of rotatable bonds is 17. The number of methoxy groups -OCH3 is 2. The number of carboxylic acid groups (broad SMARTS) is 1. The predicted octanol–water partition coefficient (Wildman–Crippen LogP) is 6.31. The summed E-state index contributed by atoms with van der Waals surface area (Å²) < 4.78 is 29.1. The molecule has 1 spiro atoms. The van der Waals surface area contributed by atoms with Gasteiger partial charge in [0.25, 0.3) is 0 Å². The molecular weight excluding hydrogens is 632 g/mol. The fraction of sp³-hybridized carbons (Fsp3) is 0.632. The smallest absolute Gasteiger partial charge is 0.330 e. The molecule has 0 aromatic rings. The molecule has 2 rings (SSSR count). The highest BCUT2D eigenvalue weighted by atomic mass is 16.7. The summed E-state index contributed by atoms with van der Waals surface area (Å²) in [7, 11) is 2.57. The van der Waals surface area contributed by atoms with Gasteiger partial charge in [0.1, 0.15) is 11.7 Å². The van der Waals surface area contributed by atoms with Gasteiger partial charge in [-0.15, -0.1) is 0 Å². The van der Waals surface area contributed by atoms with Gasteiger partial charge < -0.3 is 33.9 Å². The van der Waals surface area contributed by atoms with Crippen LogP contribution in [-0.2, 0) is 42.9 Å². The average molecular weight is 689 g/mol. The van der Waals surface area contributed by atoms with E-state index < -0.39 is 47.5 Å². The number of aliphatic carboxylic acids is 1. The van der Waals surface area contributed by atoms with E-state index in [0.29, 0.717) is 37.7 Å². The van der Waals surface area contributed by atoms with Gasteiger partial charge in [-0.1, -0.05) is 69.2 Å². The number of hydrogen-bond donors (Lipinski definition) is 2. The first-order valence-corrected chi connectivity index (χ1v) is 17.2. The molecule has 2 heterocycles. The maximum absolute atomic E-state index is 13.1. The zero-order valence-electron chi connectivity index (χ0n) is 30.1. The van der Waals surface area contributed by atoms with Crippen molar-refractivity contribution in [2.45, 2.75) is 129 Å². The van der Waals surface area contributed by atoms with Gasteiger partial charge in [0.2, 0.25) is 0 Å². The van der Waals surface area contributed by atoms with Crippen molar-refractivity contribution in [1.82, 2.24) is 0 Å². The molecule has 2 aliphatic heterocycles. The van der Waals surface area contributed by atoms with Gasteiger partial charge in [-0.2, -0.15) is 0 Å². The molecular formula is C38H56O11. The predicted molar refractivity (Wildman–Crippen MR) is 184 cm³/mol. The van der Waals surface area contributed by atoms with Crippen LogP contribution in [0.25, 0.3) is 0 Å². The van der Waals surface area contributed by atoms with Gasteiger partial charge in [-0.05, 0) is 57.4 Å². The van der Waals surface area contributed by atoms with Gasteiger partial charge in [-0.25, -0.2) is 9.59 Å². The molecule has 0 unspecified atom stereocenters. The first kappa shape index (κ1) is 41.6. The van der Waals surface area contributed by atoms with Crippen LogP contribution >= 0.6 is 0 Å². The first-order valence-electron chi connectivity index (χ1n) is 17.2. The summed E-state index contributed by atoms with van der Waals surface area (Å²) in [5.41, 5.74) is 0.421. The third-order valence-corrected chi connectivity index (χ3v) is 9.19. The van der Waals surface area contributed by atoms with E-state index in [9.17, 15) is 29.4 Å².